The molecule has 3 fully saturated rings. The van der Waals surface area contributed by atoms with Crippen LogP contribution >= 0.6 is 0 Å². The van der Waals surface area contributed by atoms with Crippen molar-refractivity contribution in [2.24, 2.45) is 11.8 Å². The fourth-order valence-electron chi connectivity index (χ4n) is 5.18. The summed E-state index contributed by atoms with van der Waals surface area (Å²) >= 11 is 0. The number of rotatable bonds is 3. The molecule has 1 aliphatic heterocycles. The highest BCUT2D eigenvalue weighted by atomic mass is 16.6. The van der Waals surface area contributed by atoms with Gasteiger partial charge in [0, 0.05) is 6.54 Å². The molecule has 170 valence electrons. The minimum absolute atomic E-state index is 0.0892. The lowest BCUT2D eigenvalue weighted by Gasteiger charge is -2.26. The fourth-order valence-corrected chi connectivity index (χ4v) is 5.18. The number of hydrogen-bond donors (Lipinski definition) is 5. The number of aromatic nitrogens is 4. The molecule has 0 spiro atoms. The average molecular weight is 442 g/mol. The third-order valence-corrected chi connectivity index (χ3v) is 6.78. The number of imidazole rings is 1. The molecule has 0 aromatic carbocycles. The Hall–Kier alpha value is -2.78. The molecular formula is C21H26N6O5. The van der Waals surface area contributed by atoms with Crippen molar-refractivity contribution >= 4 is 22.9 Å². The molecular weight excluding hydrogens is 416 g/mol. The van der Waals surface area contributed by atoms with E-state index in [0.717, 1.165) is 19.3 Å². The Morgan fingerprint density at radius 1 is 1.38 bits per heavy atom. The highest BCUT2D eigenvalue weighted by molar-refractivity contribution is 5.83. The van der Waals surface area contributed by atoms with Crippen LogP contribution in [0.4, 0.5) is 5.82 Å². The van der Waals surface area contributed by atoms with Gasteiger partial charge in [-0.15, -0.1) is 0 Å². The lowest BCUT2D eigenvalue weighted by Crippen LogP contribution is -2.42. The summed E-state index contributed by atoms with van der Waals surface area (Å²) in [6.07, 6.45) is -0.0440. The number of aliphatic hydroxyl groups is 3. The molecule has 1 saturated heterocycles. The first kappa shape index (κ1) is 21.1. The summed E-state index contributed by atoms with van der Waals surface area (Å²) < 4.78 is 7.06. The predicted octanol–water partition coefficient (Wildman–Crippen LogP) is -0.934. The molecule has 2 saturated carbocycles. The summed E-state index contributed by atoms with van der Waals surface area (Å²) in [4.78, 5) is 25.0. The Kier molecular flexibility index (Phi) is 5.05. The normalized spacial score (nSPS) is 35.8. The van der Waals surface area contributed by atoms with Crippen molar-refractivity contribution in [1.29, 1.82) is 0 Å². The number of carbonyl (C=O) groups excluding carboxylic acids is 1. The number of nitrogens with two attached hydrogens (primary N) is 1. The predicted molar refractivity (Wildman–Crippen MR) is 112 cm³/mol. The zero-order chi connectivity index (χ0) is 22.6. The molecule has 2 bridgehead atoms. The summed E-state index contributed by atoms with van der Waals surface area (Å²) in [5.74, 6) is 6.17. The zero-order valence-corrected chi connectivity index (χ0v) is 17.6. The van der Waals surface area contributed by atoms with E-state index in [1.165, 1.54) is 10.9 Å². The van der Waals surface area contributed by atoms with Crippen LogP contribution in [0.2, 0.25) is 0 Å². The largest absolute Gasteiger partial charge is 0.387 e. The molecule has 5 rings (SSSR count). The minimum atomic E-state index is -1.42. The van der Waals surface area contributed by atoms with E-state index in [1.807, 2.05) is 0 Å². The molecule has 1 amide bonds. The van der Waals surface area contributed by atoms with Crippen molar-refractivity contribution in [3.8, 4) is 11.8 Å². The van der Waals surface area contributed by atoms with Gasteiger partial charge in [-0.2, -0.15) is 0 Å². The highest BCUT2D eigenvalue weighted by Crippen LogP contribution is 2.50. The van der Waals surface area contributed by atoms with Gasteiger partial charge in [0.15, 0.2) is 23.8 Å². The number of carbonyl (C=O) groups is 1. The second-order valence-corrected chi connectivity index (χ2v) is 8.83. The van der Waals surface area contributed by atoms with Gasteiger partial charge in [-0.3, -0.25) is 9.36 Å². The lowest BCUT2D eigenvalue weighted by atomic mass is 9.85. The quantitative estimate of drug-likeness (QED) is 0.377. The maximum atomic E-state index is 12.2. The van der Waals surface area contributed by atoms with Crippen molar-refractivity contribution < 1.29 is 24.9 Å². The minimum Gasteiger partial charge on any atom is -0.387 e. The fraction of sp³-hybridized carbons (Fsp3) is 0.619. The second kappa shape index (κ2) is 7.67. The van der Waals surface area contributed by atoms with E-state index in [4.69, 9.17) is 10.5 Å². The van der Waals surface area contributed by atoms with Crippen molar-refractivity contribution in [2.45, 2.75) is 62.7 Å². The average Bonchev–Trinajstić information content (AvgIpc) is 3.51. The van der Waals surface area contributed by atoms with Crippen LogP contribution in [0.1, 0.15) is 44.7 Å². The highest BCUT2D eigenvalue weighted by Gasteiger charge is 2.49. The third-order valence-electron chi connectivity index (χ3n) is 6.78. The molecule has 4 unspecified atom stereocenters. The van der Waals surface area contributed by atoms with Crippen molar-refractivity contribution in [1.82, 2.24) is 24.8 Å². The Morgan fingerprint density at radius 2 is 2.19 bits per heavy atom. The van der Waals surface area contributed by atoms with Gasteiger partial charge >= 0.3 is 0 Å². The number of anilines is 1. The maximum absolute atomic E-state index is 12.2. The zero-order valence-electron chi connectivity index (χ0n) is 17.6. The molecule has 2 aromatic heterocycles. The van der Waals surface area contributed by atoms with E-state index in [-0.39, 0.29) is 28.7 Å². The van der Waals surface area contributed by atoms with Gasteiger partial charge in [-0.05, 0) is 50.4 Å². The summed E-state index contributed by atoms with van der Waals surface area (Å²) in [6, 6.07) is 0. The Morgan fingerprint density at radius 3 is 2.88 bits per heavy atom. The maximum Gasteiger partial charge on any atom is 0.252 e. The number of nitrogens with zero attached hydrogens (tertiary/aromatic N) is 4. The smallest absolute Gasteiger partial charge is 0.252 e. The van der Waals surface area contributed by atoms with E-state index >= 15 is 0 Å². The molecule has 3 heterocycles. The van der Waals surface area contributed by atoms with E-state index in [1.54, 1.807) is 6.92 Å². The van der Waals surface area contributed by atoms with Gasteiger partial charge in [0.2, 0.25) is 5.82 Å². The lowest BCUT2D eigenvalue weighted by molar-refractivity contribution is -0.137. The molecule has 6 N–H and O–H groups in total. The number of nitrogen functional groups attached to an aromatic ring is 1. The SMILES string of the molecule is CCNC(=O)[C@H]1O[C@@H](n2cnc3c(N)nc(C#CC4(O)CC5CCC4C5)nc32)[C@@H](O)C1O. The molecule has 7 atom stereocenters. The molecule has 11 nitrogen and oxygen atoms in total. The first-order chi connectivity index (χ1) is 15.3. The molecule has 0 radical (unpaired) electrons. The van der Waals surface area contributed by atoms with Crippen LogP contribution in [0.15, 0.2) is 6.33 Å². The summed E-state index contributed by atoms with van der Waals surface area (Å²) in [6.45, 7) is 2.10. The first-order valence-electron chi connectivity index (χ1n) is 10.9. The van der Waals surface area contributed by atoms with Crippen LogP contribution in [-0.4, -0.2) is 71.2 Å². The van der Waals surface area contributed by atoms with Gasteiger partial charge in [-0.25, -0.2) is 15.0 Å². The second-order valence-electron chi connectivity index (χ2n) is 8.83. The van der Waals surface area contributed by atoms with Crippen LogP contribution in [0.25, 0.3) is 11.2 Å². The number of likely N-dealkylation sites (N-methyl/N-ethyl adjacent to an activating group) is 1. The van der Waals surface area contributed by atoms with Crippen LogP contribution in [-0.2, 0) is 9.53 Å². The van der Waals surface area contributed by atoms with Gasteiger partial charge in [0.1, 0.15) is 23.3 Å². The van der Waals surface area contributed by atoms with Crippen molar-refractivity contribution in [3.63, 3.8) is 0 Å². The Balaban J connectivity index is 1.47. The van der Waals surface area contributed by atoms with E-state index in [9.17, 15) is 20.1 Å². The number of hydrogen-bond acceptors (Lipinski definition) is 9. The van der Waals surface area contributed by atoms with E-state index < -0.39 is 36.0 Å². The number of fused-ring (bicyclic) bond motifs is 3. The van der Waals surface area contributed by atoms with E-state index in [2.05, 4.69) is 32.1 Å². The number of ether oxygens (including phenoxy) is 1. The topological polar surface area (TPSA) is 169 Å². The summed E-state index contributed by atoms with van der Waals surface area (Å²) in [5.41, 5.74) is 5.54. The third kappa shape index (κ3) is 3.31. The van der Waals surface area contributed by atoms with Gasteiger partial charge in [-0.1, -0.05) is 5.92 Å². The number of amides is 1. The molecule has 32 heavy (non-hydrogen) atoms. The first-order valence-corrected chi connectivity index (χ1v) is 10.9. The van der Waals surface area contributed by atoms with Gasteiger partial charge in [0.25, 0.3) is 5.91 Å². The van der Waals surface area contributed by atoms with Crippen molar-refractivity contribution in [2.75, 3.05) is 12.3 Å². The van der Waals surface area contributed by atoms with Crippen LogP contribution in [0, 0.1) is 23.7 Å². The summed E-state index contributed by atoms with van der Waals surface area (Å²) in [7, 11) is 0. The summed E-state index contributed by atoms with van der Waals surface area (Å²) in [5, 5.41) is 34.3. The van der Waals surface area contributed by atoms with Crippen molar-refractivity contribution in [3.05, 3.63) is 12.2 Å². The van der Waals surface area contributed by atoms with E-state index in [0.29, 0.717) is 18.9 Å². The van der Waals surface area contributed by atoms with Gasteiger partial charge < -0.3 is 31.1 Å². The number of nitrogens with one attached hydrogen (secondary N) is 1. The number of aliphatic hydroxyl groups excluding tert-OH is 2. The Bertz CT molecular complexity index is 1130. The molecule has 2 aromatic rings. The molecule has 3 aliphatic rings. The standard InChI is InChI=1S/C21H26N6O5/c1-2-23-19(30)16-14(28)15(29)20(32-16)27-9-24-13-17(22)25-12(26-18(13)27)5-6-21(31)8-10-3-4-11(21)7-10/h9-11,14-16,20,28-29,31H,2-4,7-8H2,1H3,(H,23,30)(H2,22,25,26)/t10?,11?,14?,15-,16-,20+,21?/m0/s1. The van der Waals surface area contributed by atoms with Gasteiger partial charge in [0.05, 0.1) is 6.33 Å². The van der Waals surface area contributed by atoms with Crippen LogP contribution < -0.4 is 11.1 Å². The molecule has 11 heteroatoms. The monoisotopic (exact) mass is 442 g/mol. The van der Waals surface area contributed by atoms with Crippen LogP contribution in [0.3, 0.4) is 0 Å². The van der Waals surface area contributed by atoms with Crippen LogP contribution in [0.5, 0.6) is 0 Å². The molecule has 2 aliphatic carbocycles. The Labute approximate surface area is 184 Å².